The summed E-state index contributed by atoms with van der Waals surface area (Å²) in [5.41, 5.74) is 0.660. The van der Waals surface area contributed by atoms with E-state index in [1.165, 1.54) is 37.9 Å². The topological polar surface area (TPSA) is 36.4 Å². The molecule has 1 amide bonds. The average molecular weight is 319 g/mol. The van der Waals surface area contributed by atoms with Gasteiger partial charge in [0.15, 0.2) is 0 Å². The SMILES string of the molecule is CN(C)C(=O)c1ccc(N2CCSC3(CCCCC3)C2)nc1. The number of aromatic nitrogens is 1. The Morgan fingerprint density at radius 2 is 2.05 bits per heavy atom. The maximum Gasteiger partial charge on any atom is 0.254 e. The summed E-state index contributed by atoms with van der Waals surface area (Å²) in [6, 6.07) is 3.91. The van der Waals surface area contributed by atoms with Crippen LogP contribution >= 0.6 is 11.8 Å². The quantitative estimate of drug-likeness (QED) is 0.839. The molecule has 1 aliphatic heterocycles. The molecule has 5 heteroatoms. The Morgan fingerprint density at radius 1 is 1.27 bits per heavy atom. The van der Waals surface area contributed by atoms with Gasteiger partial charge in [-0.1, -0.05) is 19.3 Å². The minimum Gasteiger partial charge on any atom is -0.354 e. The lowest BCUT2D eigenvalue weighted by Gasteiger charge is -2.45. The van der Waals surface area contributed by atoms with Gasteiger partial charge in [-0.2, -0.15) is 11.8 Å². The van der Waals surface area contributed by atoms with Gasteiger partial charge in [-0.3, -0.25) is 4.79 Å². The first-order chi connectivity index (χ1) is 10.6. The van der Waals surface area contributed by atoms with E-state index in [2.05, 4.69) is 21.6 Å². The fourth-order valence-corrected chi connectivity index (χ4v) is 5.07. The van der Waals surface area contributed by atoms with Gasteiger partial charge in [0, 0.05) is 43.9 Å². The Labute approximate surface area is 137 Å². The van der Waals surface area contributed by atoms with Crippen molar-refractivity contribution in [3.63, 3.8) is 0 Å². The van der Waals surface area contributed by atoms with Crippen LogP contribution in [0.2, 0.25) is 0 Å². The Kier molecular flexibility index (Phi) is 4.62. The van der Waals surface area contributed by atoms with E-state index in [0.717, 1.165) is 18.9 Å². The number of nitrogens with zero attached hydrogens (tertiary/aromatic N) is 3. The Balaban J connectivity index is 1.72. The number of pyridine rings is 1. The molecule has 1 saturated heterocycles. The normalized spacial score (nSPS) is 20.9. The van der Waals surface area contributed by atoms with Crippen LogP contribution in [0.15, 0.2) is 18.3 Å². The third-order valence-corrected chi connectivity index (χ3v) is 6.27. The standard InChI is InChI=1S/C17H25N3OS/c1-19(2)16(21)14-6-7-15(18-12-14)20-10-11-22-17(13-20)8-4-3-5-9-17/h6-7,12H,3-5,8-11,13H2,1-2H3. The lowest BCUT2D eigenvalue weighted by Crippen LogP contribution is -2.48. The zero-order chi connectivity index (χ0) is 15.6. The highest BCUT2D eigenvalue weighted by atomic mass is 32.2. The number of anilines is 1. The van der Waals surface area contributed by atoms with Crippen molar-refractivity contribution in [2.75, 3.05) is 37.8 Å². The smallest absolute Gasteiger partial charge is 0.254 e. The summed E-state index contributed by atoms with van der Waals surface area (Å²) in [5, 5.41) is 0. The average Bonchev–Trinajstić information content (AvgIpc) is 2.55. The molecule has 3 rings (SSSR count). The molecule has 1 saturated carbocycles. The number of amides is 1. The molecule has 0 unspecified atom stereocenters. The highest BCUT2D eigenvalue weighted by Crippen LogP contribution is 2.43. The second kappa shape index (κ2) is 6.49. The zero-order valence-electron chi connectivity index (χ0n) is 13.5. The van der Waals surface area contributed by atoms with E-state index < -0.39 is 0 Å². The molecule has 2 heterocycles. The van der Waals surface area contributed by atoms with Crippen molar-refractivity contribution in [3.8, 4) is 0 Å². The van der Waals surface area contributed by atoms with E-state index >= 15 is 0 Å². The maximum atomic E-state index is 11.9. The van der Waals surface area contributed by atoms with E-state index in [1.807, 2.05) is 12.1 Å². The molecular weight excluding hydrogens is 294 g/mol. The van der Waals surface area contributed by atoms with Gasteiger partial charge in [0.05, 0.1) is 5.56 Å². The molecule has 0 aromatic carbocycles. The molecule has 1 aliphatic carbocycles. The predicted octanol–water partition coefficient (Wildman–Crippen LogP) is 3.04. The number of carbonyl (C=O) groups is 1. The van der Waals surface area contributed by atoms with Gasteiger partial charge in [-0.15, -0.1) is 0 Å². The molecule has 1 aromatic rings. The van der Waals surface area contributed by atoms with E-state index in [0.29, 0.717) is 10.3 Å². The van der Waals surface area contributed by atoms with Gasteiger partial charge in [-0.25, -0.2) is 4.98 Å². The fraction of sp³-hybridized carbons (Fsp3) is 0.647. The van der Waals surface area contributed by atoms with Crippen molar-refractivity contribution in [3.05, 3.63) is 23.9 Å². The largest absolute Gasteiger partial charge is 0.354 e. The minimum atomic E-state index is 0.0111. The molecule has 0 bridgehead atoms. The molecule has 4 nitrogen and oxygen atoms in total. The molecule has 2 fully saturated rings. The molecule has 0 N–H and O–H groups in total. The molecule has 0 atom stereocenters. The molecule has 0 radical (unpaired) electrons. The Hall–Kier alpha value is -1.23. The number of carbonyl (C=O) groups excluding carboxylic acids is 1. The Bertz CT molecular complexity index is 518. The first kappa shape index (κ1) is 15.7. The van der Waals surface area contributed by atoms with E-state index in [9.17, 15) is 4.79 Å². The Morgan fingerprint density at radius 3 is 2.68 bits per heavy atom. The summed E-state index contributed by atoms with van der Waals surface area (Å²) >= 11 is 2.17. The first-order valence-corrected chi connectivity index (χ1v) is 9.15. The summed E-state index contributed by atoms with van der Waals surface area (Å²) in [6.07, 6.45) is 8.51. The summed E-state index contributed by atoms with van der Waals surface area (Å²) in [6.45, 7) is 2.16. The van der Waals surface area contributed by atoms with Crippen molar-refractivity contribution >= 4 is 23.5 Å². The van der Waals surface area contributed by atoms with Gasteiger partial charge >= 0.3 is 0 Å². The van der Waals surface area contributed by atoms with Crippen LogP contribution in [0.3, 0.4) is 0 Å². The molecule has 1 aromatic heterocycles. The van der Waals surface area contributed by atoms with Crippen molar-refractivity contribution < 1.29 is 4.79 Å². The summed E-state index contributed by atoms with van der Waals surface area (Å²) in [7, 11) is 3.54. The predicted molar refractivity (Wildman–Crippen MR) is 92.7 cm³/mol. The van der Waals surface area contributed by atoms with E-state index in [4.69, 9.17) is 0 Å². The van der Waals surface area contributed by atoms with Crippen LogP contribution in [-0.2, 0) is 0 Å². The monoisotopic (exact) mass is 319 g/mol. The van der Waals surface area contributed by atoms with Crippen LogP contribution in [0, 0.1) is 0 Å². The number of hydrogen-bond donors (Lipinski definition) is 0. The van der Waals surface area contributed by atoms with Gasteiger partial charge in [-0.05, 0) is 25.0 Å². The van der Waals surface area contributed by atoms with Crippen molar-refractivity contribution in [2.45, 2.75) is 36.9 Å². The van der Waals surface area contributed by atoms with Crippen molar-refractivity contribution in [2.24, 2.45) is 0 Å². The van der Waals surface area contributed by atoms with Crippen LogP contribution < -0.4 is 4.90 Å². The molecule has 22 heavy (non-hydrogen) atoms. The van der Waals surface area contributed by atoms with Gasteiger partial charge < -0.3 is 9.80 Å². The number of rotatable bonds is 2. The summed E-state index contributed by atoms with van der Waals surface area (Å²) < 4.78 is 0.441. The molecule has 120 valence electrons. The third-order valence-electron chi connectivity index (χ3n) is 4.74. The fourth-order valence-electron chi connectivity index (χ4n) is 3.50. The summed E-state index contributed by atoms with van der Waals surface area (Å²) in [5.74, 6) is 2.21. The van der Waals surface area contributed by atoms with Crippen molar-refractivity contribution in [1.29, 1.82) is 0 Å². The van der Waals surface area contributed by atoms with E-state index in [1.54, 1.807) is 25.2 Å². The van der Waals surface area contributed by atoms with Crippen molar-refractivity contribution in [1.82, 2.24) is 9.88 Å². The minimum absolute atomic E-state index is 0.0111. The van der Waals surface area contributed by atoms with Crippen LogP contribution in [0.4, 0.5) is 5.82 Å². The van der Waals surface area contributed by atoms with Gasteiger partial charge in [0.2, 0.25) is 0 Å². The maximum absolute atomic E-state index is 11.9. The molecule has 1 spiro atoms. The number of thioether (sulfide) groups is 1. The second-order valence-corrected chi connectivity index (χ2v) is 8.18. The van der Waals surface area contributed by atoms with Gasteiger partial charge in [0.25, 0.3) is 5.91 Å². The van der Waals surface area contributed by atoms with Crippen LogP contribution in [0.1, 0.15) is 42.5 Å². The van der Waals surface area contributed by atoms with Gasteiger partial charge in [0.1, 0.15) is 5.82 Å². The highest BCUT2D eigenvalue weighted by Gasteiger charge is 2.37. The van der Waals surface area contributed by atoms with Crippen LogP contribution in [-0.4, -0.2) is 53.5 Å². The van der Waals surface area contributed by atoms with E-state index in [-0.39, 0.29) is 5.91 Å². The van der Waals surface area contributed by atoms with Crippen LogP contribution in [0.25, 0.3) is 0 Å². The first-order valence-electron chi connectivity index (χ1n) is 8.16. The lowest BCUT2D eigenvalue weighted by atomic mass is 9.87. The second-order valence-electron chi connectivity index (χ2n) is 6.62. The number of hydrogen-bond acceptors (Lipinski definition) is 4. The lowest BCUT2D eigenvalue weighted by molar-refractivity contribution is 0.0827. The zero-order valence-corrected chi connectivity index (χ0v) is 14.4. The van der Waals surface area contributed by atoms with Crippen LogP contribution in [0.5, 0.6) is 0 Å². The third kappa shape index (κ3) is 3.24. The summed E-state index contributed by atoms with van der Waals surface area (Å²) in [4.78, 5) is 20.5. The molecule has 2 aliphatic rings. The highest BCUT2D eigenvalue weighted by molar-refractivity contribution is 8.00. The molecular formula is C17H25N3OS.